The number of aromatic amines is 2. The fourth-order valence-corrected chi connectivity index (χ4v) is 4.75. The Labute approximate surface area is 208 Å². The molecule has 0 unspecified atom stereocenters. The van der Waals surface area contributed by atoms with Crippen LogP contribution in [0, 0.1) is 5.92 Å². The molecule has 6 rings (SSSR count). The Morgan fingerprint density at radius 1 is 1.00 bits per heavy atom. The van der Waals surface area contributed by atoms with E-state index < -0.39 is 0 Å². The molecule has 3 N–H and O–H groups in total. The van der Waals surface area contributed by atoms with E-state index in [2.05, 4.69) is 47.5 Å². The highest BCUT2D eigenvalue weighted by Gasteiger charge is 2.18. The molecule has 0 saturated carbocycles. The lowest BCUT2D eigenvalue weighted by Gasteiger charge is -2.28. The van der Waals surface area contributed by atoms with Crippen LogP contribution in [0.2, 0.25) is 0 Å². The summed E-state index contributed by atoms with van der Waals surface area (Å²) in [5, 5.41) is 12.5. The summed E-state index contributed by atoms with van der Waals surface area (Å²) in [6, 6.07) is 8.13. The zero-order chi connectivity index (χ0) is 24.6. The summed E-state index contributed by atoms with van der Waals surface area (Å²) in [6.07, 6.45) is 10.8. The Hall–Kier alpha value is -4.27. The largest absolute Gasteiger partial charge is 0.356 e. The number of carbonyl (C=O) groups is 1. The van der Waals surface area contributed by atoms with Crippen molar-refractivity contribution >= 4 is 39.3 Å². The molecule has 0 aliphatic carbocycles. The molecule has 1 amide bonds. The molecule has 0 bridgehead atoms. The van der Waals surface area contributed by atoms with Gasteiger partial charge in [0.1, 0.15) is 5.82 Å². The van der Waals surface area contributed by atoms with Crippen LogP contribution in [0.5, 0.6) is 0 Å². The molecule has 1 aliphatic rings. The van der Waals surface area contributed by atoms with Gasteiger partial charge in [0.2, 0.25) is 5.91 Å². The van der Waals surface area contributed by atoms with E-state index >= 15 is 0 Å². The number of pyridine rings is 3. The molecule has 5 aromatic heterocycles. The second-order valence-corrected chi connectivity index (χ2v) is 9.63. The number of aromatic nitrogens is 6. The molecule has 1 saturated heterocycles. The third-order valence-corrected chi connectivity index (χ3v) is 6.73. The number of rotatable bonds is 5. The predicted octanol–water partition coefficient (Wildman–Crippen LogP) is 5.15. The van der Waals surface area contributed by atoms with Crippen molar-refractivity contribution in [2.75, 3.05) is 23.3 Å². The standard InChI is InChI=1S/C27H28N8O/c1-16(2)27(36)31-19-10-17(13-28-15-19)18-11-21-24(33-34-25(21)30-14-18)23-12-20-22(32-23)6-7-29-26(20)35-8-4-3-5-9-35/h6-7,10-16,32H,3-5,8-9H2,1-2H3,(H,31,36)(H,30,33,34). The first kappa shape index (κ1) is 22.2. The maximum atomic E-state index is 12.1. The van der Waals surface area contributed by atoms with Crippen LogP contribution in [0.1, 0.15) is 33.1 Å². The van der Waals surface area contributed by atoms with Crippen molar-refractivity contribution in [2.24, 2.45) is 5.92 Å². The van der Waals surface area contributed by atoms with Gasteiger partial charge >= 0.3 is 0 Å². The van der Waals surface area contributed by atoms with E-state index in [9.17, 15) is 4.79 Å². The monoisotopic (exact) mass is 480 g/mol. The van der Waals surface area contributed by atoms with Crippen molar-refractivity contribution < 1.29 is 4.79 Å². The minimum atomic E-state index is -0.109. The van der Waals surface area contributed by atoms with Crippen LogP contribution in [0.25, 0.3) is 44.5 Å². The molecule has 1 fully saturated rings. The van der Waals surface area contributed by atoms with E-state index in [1.54, 1.807) is 18.6 Å². The molecule has 0 spiro atoms. The fourth-order valence-electron chi connectivity index (χ4n) is 4.75. The molecule has 9 nitrogen and oxygen atoms in total. The number of H-pyrrole nitrogens is 2. The summed E-state index contributed by atoms with van der Waals surface area (Å²) in [5.74, 6) is 0.877. The Morgan fingerprint density at radius 2 is 1.83 bits per heavy atom. The highest BCUT2D eigenvalue weighted by atomic mass is 16.1. The Kier molecular flexibility index (Phi) is 5.59. The molecule has 0 aromatic carbocycles. The number of nitrogens with one attached hydrogen (secondary N) is 3. The first-order valence-electron chi connectivity index (χ1n) is 12.4. The number of anilines is 2. The second-order valence-electron chi connectivity index (χ2n) is 9.63. The number of amides is 1. The zero-order valence-electron chi connectivity index (χ0n) is 20.4. The maximum absolute atomic E-state index is 12.1. The average Bonchev–Trinajstić information content (AvgIpc) is 3.53. The summed E-state index contributed by atoms with van der Waals surface area (Å²) < 4.78 is 0. The minimum absolute atomic E-state index is 0.0446. The quantitative estimate of drug-likeness (QED) is 0.320. The summed E-state index contributed by atoms with van der Waals surface area (Å²) in [6.45, 7) is 5.80. The van der Waals surface area contributed by atoms with Gasteiger partial charge in [-0.05, 0) is 43.5 Å². The number of nitrogens with zero attached hydrogens (tertiary/aromatic N) is 5. The molecule has 1 aliphatic heterocycles. The summed E-state index contributed by atoms with van der Waals surface area (Å²) >= 11 is 0. The topological polar surface area (TPSA) is 115 Å². The Bertz CT molecular complexity index is 1560. The summed E-state index contributed by atoms with van der Waals surface area (Å²) in [7, 11) is 0. The van der Waals surface area contributed by atoms with E-state index in [-0.39, 0.29) is 11.8 Å². The van der Waals surface area contributed by atoms with Crippen molar-refractivity contribution in [1.82, 2.24) is 30.1 Å². The zero-order valence-corrected chi connectivity index (χ0v) is 20.4. The van der Waals surface area contributed by atoms with Crippen molar-refractivity contribution in [3.05, 3.63) is 49.1 Å². The normalized spacial score (nSPS) is 14.1. The van der Waals surface area contributed by atoms with Crippen LogP contribution in [0.15, 0.2) is 49.1 Å². The molecule has 36 heavy (non-hydrogen) atoms. The van der Waals surface area contributed by atoms with Gasteiger partial charge in [-0.2, -0.15) is 5.10 Å². The molecule has 6 heterocycles. The van der Waals surface area contributed by atoms with Crippen LogP contribution in [-0.4, -0.2) is 49.1 Å². The van der Waals surface area contributed by atoms with Gasteiger partial charge in [-0.3, -0.25) is 14.9 Å². The average molecular weight is 481 g/mol. The second kappa shape index (κ2) is 9.07. The number of hydrogen-bond donors (Lipinski definition) is 3. The molecule has 0 atom stereocenters. The lowest BCUT2D eigenvalue weighted by molar-refractivity contribution is -0.118. The fraction of sp³-hybridized carbons (Fsp3) is 0.296. The highest BCUT2D eigenvalue weighted by molar-refractivity contribution is 5.99. The number of piperidine rings is 1. The SMILES string of the molecule is CC(C)C(=O)Nc1cncc(-c2cnc3n[nH]c(-c4cc5c(N6CCCCC6)nccc5[nH]4)c3c2)c1. The van der Waals surface area contributed by atoms with Crippen LogP contribution < -0.4 is 10.2 Å². The van der Waals surface area contributed by atoms with Gasteiger partial charge in [0, 0.05) is 59.5 Å². The van der Waals surface area contributed by atoms with Gasteiger partial charge in [-0.1, -0.05) is 13.8 Å². The van der Waals surface area contributed by atoms with Crippen molar-refractivity contribution in [1.29, 1.82) is 0 Å². The van der Waals surface area contributed by atoms with Crippen LogP contribution in [0.4, 0.5) is 11.5 Å². The van der Waals surface area contributed by atoms with E-state index in [1.807, 2.05) is 32.2 Å². The van der Waals surface area contributed by atoms with Gasteiger partial charge in [0.15, 0.2) is 5.65 Å². The molecule has 9 heteroatoms. The van der Waals surface area contributed by atoms with Gasteiger partial charge in [0.05, 0.1) is 28.8 Å². The molecule has 0 radical (unpaired) electrons. The van der Waals surface area contributed by atoms with Crippen molar-refractivity contribution in [3.63, 3.8) is 0 Å². The van der Waals surface area contributed by atoms with Gasteiger partial charge in [-0.25, -0.2) is 9.97 Å². The Balaban J connectivity index is 1.38. The number of fused-ring (bicyclic) bond motifs is 2. The Morgan fingerprint density at radius 3 is 2.67 bits per heavy atom. The first-order valence-corrected chi connectivity index (χ1v) is 12.4. The first-order chi connectivity index (χ1) is 17.6. The number of carbonyl (C=O) groups excluding carboxylic acids is 1. The minimum Gasteiger partial charge on any atom is -0.356 e. The summed E-state index contributed by atoms with van der Waals surface area (Å²) in [4.78, 5) is 31.7. The van der Waals surface area contributed by atoms with Gasteiger partial charge in [0.25, 0.3) is 0 Å². The highest BCUT2D eigenvalue weighted by Crippen LogP contribution is 2.34. The maximum Gasteiger partial charge on any atom is 0.226 e. The van der Waals surface area contributed by atoms with Crippen LogP contribution >= 0.6 is 0 Å². The lowest BCUT2D eigenvalue weighted by Crippen LogP contribution is -2.30. The smallest absolute Gasteiger partial charge is 0.226 e. The molecular weight excluding hydrogens is 452 g/mol. The van der Waals surface area contributed by atoms with Crippen molar-refractivity contribution in [3.8, 4) is 22.5 Å². The van der Waals surface area contributed by atoms with Crippen molar-refractivity contribution in [2.45, 2.75) is 33.1 Å². The third-order valence-electron chi connectivity index (χ3n) is 6.73. The molecule has 182 valence electrons. The lowest BCUT2D eigenvalue weighted by atomic mass is 10.1. The van der Waals surface area contributed by atoms with Gasteiger partial charge < -0.3 is 15.2 Å². The predicted molar refractivity (Wildman–Crippen MR) is 142 cm³/mol. The third kappa shape index (κ3) is 4.06. The van der Waals surface area contributed by atoms with E-state index in [0.29, 0.717) is 11.3 Å². The summed E-state index contributed by atoms with van der Waals surface area (Å²) in [5.41, 5.74) is 5.92. The van der Waals surface area contributed by atoms with E-state index in [1.165, 1.54) is 19.3 Å². The van der Waals surface area contributed by atoms with E-state index in [0.717, 1.165) is 57.7 Å². The number of hydrogen-bond acceptors (Lipinski definition) is 6. The van der Waals surface area contributed by atoms with Crippen LogP contribution in [0.3, 0.4) is 0 Å². The molecular formula is C27H28N8O. The molecule has 5 aromatic rings. The van der Waals surface area contributed by atoms with Crippen LogP contribution in [-0.2, 0) is 4.79 Å². The van der Waals surface area contributed by atoms with E-state index in [4.69, 9.17) is 4.98 Å². The van der Waals surface area contributed by atoms with Gasteiger partial charge in [-0.15, -0.1) is 0 Å².